The molecule has 0 aliphatic carbocycles. The molecule has 0 amide bonds. The van der Waals surface area contributed by atoms with E-state index in [-0.39, 0.29) is 11.3 Å². The zero-order valence-electron chi connectivity index (χ0n) is 11.4. The smallest absolute Gasteiger partial charge is 0.255 e. The minimum atomic E-state index is -0.188. The van der Waals surface area contributed by atoms with Crippen molar-refractivity contribution in [2.24, 2.45) is 0 Å². The lowest BCUT2D eigenvalue weighted by atomic mass is 10.1. The summed E-state index contributed by atoms with van der Waals surface area (Å²) in [4.78, 5) is 27.5. The lowest BCUT2D eigenvalue weighted by Gasteiger charge is -2.02. The maximum Gasteiger partial charge on any atom is 0.255 e. The first kappa shape index (κ1) is 13.5. The largest absolute Gasteiger partial charge is 0.321 e. The lowest BCUT2D eigenvalue weighted by Crippen LogP contribution is -2.09. The number of para-hydroxylation sites is 1. The number of thiophene rings is 1. The number of benzene rings is 1. The van der Waals surface area contributed by atoms with Crippen molar-refractivity contribution in [2.45, 2.75) is 6.92 Å². The number of fused-ring (bicyclic) bond motifs is 1. The molecule has 3 aromatic rings. The SMILES string of the molecule is Cc1cccc2cc(/C=C/C(=O)c3cccs3)c(=O)[nH]c12. The molecule has 21 heavy (non-hydrogen) atoms. The molecule has 0 atom stereocenters. The van der Waals surface area contributed by atoms with Gasteiger partial charge in [-0.15, -0.1) is 11.3 Å². The molecule has 0 bridgehead atoms. The Hall–Kier alpha value is -2.46. The van der Waals surface area contributed by atoms with Crippen LogP contribution < -0.4 is 5.56 Å². The molecular formula is C17H13NO2S. The van der Waals surface area contributed by atoms with Crippen molar-refractivity contribution >= 4 is 34.1 Å². The number of aromatic amines is 1. The summed E-state index contributed by atoms with van der Waals surface area (Å²) >= 11 is 1.39. The topological polar surface area (TPSA) is 49.9 Å². The molecule has 3 rings (SSSR count). The molecule has 0 aliphatic heterocycles. The molecule has 0 saturated carbocycles. The summed E-state index contributed by atoms with van der Waals surface area (Å²) in [5.41, 5.74) is 2.16. The standard InChI is InChI=1S/C17H13NO2S/c1-11-4-2-5-12-10-13(17(20)18-16(11)12)7-8-14(19)15-6-3-9-21-15/h2-10H,1H3,(H,18,20)/b8-7+. The van der Waals surface area contributed by atoms with E-state index in [1.165, 1.54) is 17.4 Å². The van der Waals surface area contributed by atoms with E-state index < -0.39 is 0 Å². The molecule has 0 radical (unpaired) electrons. The highest BCUT2D eigenvalue weighted by molar-refractivity contribution is 7.12. The monoisotopic (exact) mass is 295 g/mol. The van der Waals surface area contributed by atoms with E-state index in [1.54, 1.807) is 18.2 Å². The lowest BCUT2D eigenvalue weighted by molar-refractivity contribution is 0.105. The zero-order chi connectivity index (χ0) is 14.8. The van der Waals surface area contributed by atoms with Gasteiger partial charge in [-0.1, -0.05) is 24.3 Å². The summed E-state index contributed by atoms with van der Waals surface area (Å²) in [6.07, 6.45) is 3.01. The highest BCUT2D eigenvalue weighted by Gasteiger charge is 2.05. The normalized spacial score (nSPS) is 11.3. The maximum absolute atomic E-state index is 12.1. The van der Waals surface area contributed by atoms with Crippen LogP contribution in [0.3, 0.4) is 0 Å². The molecule has 0 unspecified atom stereocenters. The van der Waals surface area contributed by atoms with Crippen LogP contribution in [0.1, 0.15) is 20.8 Å². The highest BCUT2D eigenvalue weighted by atomic mass is 32.1. The van der Waals surface area contributed by atoms with Crippen LogP contribution >= 0.6 is 11.3 Å². The van der Waals surface area contributed by atoms with Gasteiger partial charge in [0, 0.05) is 5.56 Å². The second kappa shape index (κ2) is 5.50. The fourth-order valence-corrected chi connectivity index (χ4v) is 2.84. The Morgan fingerprint density at radius 3 is 2.86 bits per heavy atom. The van der Waals surface area contributed by atoms with E-state index in [2.05, 4.69) is 4.98 Å². The van der Waals surface area contributed by atoms with Crippen LogP contribution in [0.15, 0.2) is 52.6 Å². The van der Waals surface area contributed by atoms with Crippen LogP contribution in [0.25, 0.3) is 17.0 Å². The van der Waals surface area contributed by atoms with Crippen molar-refractivity contribution in [1.29, 1.82) is 0 Å². The number of allylic oxidation sites excluding steroid dienone is 1. The molecule has 3 nitrogen and oxygen atoms in total. The molecule has 4 heteroatoms. The van der Waals surface area contributed by atoms with Crippen molar-refractivity contribution in [1.82, 2.24) is 4.98 Å². The van der Waals surface area contributed by atoms with Crippen molar-refractivity contribution in [3.05, 3.63) is 74.2 Å². The van der Waals surface area contributed by atoms with Crippen LogP contribution in [-0.4, -0.2) is 10.8 Å². The first-order valence-electron chi connectivity index (χ1n) is 6.54. The van der Waals surface area contributed by atoms with Gasteiger partial charge in [0.1, 0.15) is 0 Å². The minimum Gasteiger partial charge on any atom is -0.321 e. The third-order valence-corrected chi connectivity index (χ3v) is 4.18. The fraction of sp³-hybridized carbons (Fsp3) is 0.0588. The van der Waals surface area contributed by atoms with Gasteiger partial charge in [0.05, 0.1) is 10.4 Å². The second-order valence-electron chi connectivity index (χ2n) is 4.77. The second-order valence-corrected chi connectivity index (χ2v) is 5.72. The molecule has 2 heterocycles. The van der Waals surface area contributed by atoms with Crippen molar-refractivity contribution in [3.8, 4) is 0 Å². The van der Waals surface area contributed by atoms with Gasteiger partial charge in [0.2, 0.25) is 0 Å². The molecular weight excluding hydrogens is 282 g/mol. The van der Waals surface area contributed by atoms with E-state index >= 15 is 0 Å². The van der Waals surface area contributed by atoms with Crippen molar-refractivity contribution in [2.75, 3.05) is 0 Å². The van der Waals surface area contributed by atoms with Gasteiger partial charge in [-0.05, 0) is 47.5 Å². The van der Waals surface area contributed by atoms with Gasteiger partial charge in [-0.3, -0.25) is 9.59 Å². The Morgan fingerprint density at radius 1 is 1.24 bits per heavy atom. The average molecular weight is 295 g/mol. The predicted molar refractivity (Wildman–Crippen MR) is 87.0 cm³/mol. The quantitative estimate of drug-likeness (QED) is 0.590. The molecule has 0 saturated heterocycles. The summed E-state index contributed by atoms with van der Waals surface area (Å²) in [6.45, 7) is 1.95. The molecule has 104 valence electrons. The van der Waals surface area contributed by atoms with E-state index in [0.717, 1.165) is 16.5 Å². The van der Waals surface area contributed by atoms with E-state index in [1.807, 2.05) is 36.6 Å². The number of H-pyrrole nitrogens is 1. The fourth-order valence-electron chi connectivity index (χ4n) is 2.19. The van der Waals surface area contributed by atoms with Gasteiger partial charge in [-0.2, -0.15) is 0 Å². The van der Waals surface area contributed by atoms with Gasteiger partial charge in [0.15, 0.2) is 5.78 Å². The Morgan fingerprint density at radius 2 is 2.10 bits per heavy atom. The number of rotatable bonds is 3. The van der Waals surface area contributed by atoms with Crippen LogP contribution in [-0.2, 0) is 0 Å². The van der Waals surface area contributed by atoms with Gasteiger partial charge < -0.3 is 4.98 Å². The zero-order valence-corrected chi connectivity index (χ0v) is 12.2. The van der Waals surface area contributed by atoms with Crippen LogP contribution in [0.4, 0.5) is 0 Å². The third-order valence-electron chi connectivity index (χ3n) is 3.30. The number of hydrogen-bond donors (Lipinski definition) is 1. The van der Waals surface area contributed by atoms with E-state index in [0.29, 0.717) is 10.4 Å². The van der Waals surface area contributed by atoms with E-state index in [9.17, 15) is 9.59 Å². The molecule has 0 aliphatic rings. The number of nitrogens with one attached hydrogen (secondary N) is 1. The predicted octanol–water partition coefficient (Wildman–Crippen LogP) is 3.79. The Bertz CT molecular complexity index is 889. The number of hydrogen-bond acceptors (Lipinski definition) is 3. The molecule has 2 aromatic heterocycles. The van der Waals surface area contributed by atoms with Crippen molar-refractivity contribution in [3.63, 3.8) is 0 Å². The van der Waals surface area contributed by atoms with Gasteiger partial charge in [-0.25, -0.2) is 0 Å². The van der Waals surface area contributed by atoms with Crippen LogP contribution in [0.5, 0.6) is 0 Å². The molecule has 0 spiro atoms. The number of ketones is 1. The number of pyridine rings is 1. The average Bonchev–Trinajstić information content (AvgIpc) is 3.00. The number of carbonyl (C=O) groups is 1. The Balaban J connectivity index is 2.00. The number of aromatic nitrogens is 1. The Labute approximate surface area is 125 Å². The number of carbonyl (C=O) groups excluding carboxylic acids is 1. The molecule has 1 N–H and O–H groups in total. The van der Waals surface area contributed by atoms with Crippen LogP contribution in [0, 0.1) is 6.92 Å². The third kappa shape index (κ3) is 2.71. The van der Waals surface area contributed by atoms with E-state index in [4.69, 9.17) is 0 Å². The maximum atomic E-state index is 12.1. The summed E-state index contributed by atoms with van der Waals surface area (Å²) in [6, 6.07) is 11.2. The van der Waals surface area contributed by atoms with Crippen molar-refractivity contribution < 1.29 is 4.79 Å². The summed E-state index contributed by atoms with van der Waals surface area (Å²) in [7, 11) is 0. The summed E-state index contributed by atoms with van der Waals surface area (Å²) in [5.74, 6) is -0.0891. The van der Waals surface area contributed by atoms with Gasteiger partial charge >= 0.3 is 0 Å². The molecule has 0 fully saturated rings. The summed E-state index contributed by atoms with van der Waals surface area (Å²) in [5, 5.41) is 2.81. The molecule has 1 aromatic carbocycles. The van der Waals surface area contributed by atoms with Gasteiger partial charge in [0.25, 0.3) is 5.56 Å². The highest BCUT2D eigenvalue weighted by Crippen LogP contribution is 2.16. The Kier molecular flexibility index (Phi) is 3.54. The number of aryl methyl sites for hydroxylation is 1. The summed E-state index contributed by atoms with van der Waals surface area (Å²) < 4.78 is 0. The van der Waals surface area contributed by atoms with Crippen LogP contribution in [0.2, 0.25) is 0 Å². The minimum absolute atomic E-state index is 0.0891. The first-order valence-corrected chi connectivity index (χ1v) is 7.42. The first-order chi connectivity index (χ1) is 10.1.